The first-order valence-corrected chi connectivity index (χ1v) is 8.31. The van der Waals surface area contributed by atoms with E-state index in [2.05, 4.69) is 34.2 Å². The van der Waals surface area contributed by atoms with Crippen LogP contribution in [0.2, 0.25) is 0 Å². The Morgan fingerprint density at radius 3 is 3.13 bits per heavy atom. The van der Waals surface area contributed by atoms with Gasteiger partial charge < -0.3 is 9.84 Å². The molecule has 1 saturated heterocycles. The third kappa shape index (κ3) is 4.12. The number of aliphatic hydroxyl groups is 1. The summed E-state index contributed by atoms with van der Waals surface area (Å²) in [7, 11) is 0. The van der Waals surface area contributed by atoms with Crippen LogP contribution in [0.1, 0.15) is 35.6 Å². The number of aryl methyl sites for hydroxylation is 1. The van der Waals surface area contributed by atoms with E-state index >= 15 is 0 Å². The first-order valence-electron chi connectivity index (χ1n) is 8.31. The second-order valence-corrected chi connectivity index (χ2v) is 6.26. The van der Waals surface area contributed by atoms with E-state index in [0.29, 0.717) is 12.5 Å². The van der Waals surface area contributed by atoms with Gasteiger partial charge in [0.2, 0.25) is 0 Å². The molecule has 0 aliphatic carbocycles. The smallest absolute Gasteiger partial charge is 0.119 e. The van der Waals surface area contributed by atoms with Gasteiger partial charge >= 0.3 is 0 Å². The molecule has 2 aromatic rings. The molecule has 0 amide bonds. The Balaban J connectivity index is 1.62. The monoisotopic (exact) mass is 315 g/mol. The molecule has 5 heteroatoms. The molecule has 2 heterocycles. The van der Waals surface area contributed by atoms with Gasteiger partial charge in [0, 0.05) is 24.7 Å². The van der Waals surface area contributed by atoms with Gasteiger partial charge in [-0.05, 0) is 49.6 Å². The van der Waals surface area contributed by atoms with Crippen LogP contribution >= 0.6 is 0 Å². The average Bonchev–Trinajstić information content (AvgIpc) is 3.00. The van der Waals surface area contributed by atoms with Crippen LogP contribution in [0.4, 0.5) is 0 Å². The summed E-state index contributed by atoms with van der Waals surface area (Å²) in [5.41, 5.74) is 3.80. The molecule has 0 saturated carbocycles. The Morgan fingerprint density at radius 1 is 1.43 bits per heavy atom. The van der Waals surface area contributed by atoms with Crippen molar-refractivity contribution in [3.8, 4) is 5.75 Å². The van der Waals surface area contributed by atoms with Crippen molar-refractivity contribution in [3.63, 3.8) is 0 Å². The van der Waals surface area contributed by atoms with Crippen LogP contribution in [-0.4, -0.2) is 46.5 Å². The highest BCUT2D eigenvalue weighted by Crippen LogP contribution is 2.28. The maximum atomic E-state index is 8.86. The summed E-state index contributed by atoms with van der Waals surface area (Å²) in [6.45, 7) is 5.63. The Morgan fingerprint density at radius 2 is 2.35 bits per heavy atom. The second kappa shape index (κ2) is 7.62. The van der Waals surface area contributed by atoms with Gasteiger partial charge in [-0.3, -0.25) is 10.00 Å². The highest BCUT2D eigenvalue weighted by Gasteiger charge is 2.23. The largest absolute Gasteiger partial charge is 0.491 e. The fourth-order valence-electron chi connectivity index (χ4n) is 3.36. The minimum absolute atomic E-state index is 0.0432. The number of ether oxygens (including phenoxy) is 1. The van der Waals surface area contributed by atoms with Crippen LogP contribution < -0.4 is 4.74 Å². The maximum absolute atomic E-state index is 8.86. The molecule has 1 fully saturated rings. The minimum atomic E-state index is 0.0432. The molecule has 1 aliphatic rings. The van der Waals surface area contributed by atoms with Gasteiger partial charge in [0.15, 0.2) is 0 Å². The number of hydrogen-bond donors (Lipinski definition) is 2. The zero-order valence-electron chi connectivity index (χ0n) is 13.7. The number of piperidine rings is 1. The zero-order chi connectivity index (χ0) is 16.1. The Hall–Kier alpha value is -1.85. The standard InChI is InChI=1S/C18H25N3O2/c1-14-11-19-20-18(14)16-5-3-7-21(13-16)12-15-4-2-6-17(10-15)23-9-8-22/h2,4,6,10-11,16,22H,3,5,7-9,12-13H2,1H3,(H,19,20)/t16-/m1/s1. The Labute approximate surface area is 137 Å². The van der Waals surface area contributed by atoms with Gasteiger partial charge in [-0.25, -0.2) is 0 Å². The van der Waals surface area contributed by atoms with Crippen LogP contribution in [-0.2, 0) is 6.54 Å². The van der Waals surface area contributed by atoms with Gasteiger partial charge in [-0.1, -0.05) is 12.1 Å². The van der Waals surface area contributed by atoms with E-state index in [1.54, 1.807) is 0 Å². The Bertz CT molecular complexity index is 626. The summed E-state index contributed by atoms with van der Waals surface area (Å²) in [6, 6.07) is 8.16. The number of aromatic nitrogens is 2. The number of nitrogens with one attached hydrogen (secondary N) is 1. The molecule has 1 aromatic heterocycles. The molecule has 1 aliphatic heterocycles. The fraction of sp³-hybridized carbons (Fsp3) is 0.500. The van der Waals surface area contributed by atoms with Crippen LogP contribution in [0, 0.1) is 6.92 Å². The first-order chi connectivity index (χ1) is 11.3. The summed E-state index contributed by atoms with van der Waals surface area (Å²) >= 11 is 0. The predicted molar refractivity (Wildman–Crippen MR) is 89.6 cm³/mol. The van der Waals surface area contributed by atoms with Crippen LogP contribution in [0.15, 0.2) is 30.5 Å². The molecular formula is C18H25N3O2. The number of aromatic amines is 1. The molecule has 5 nitrogen and oxygen atoms in total. The topological polar surface area (TPSA) is 61.4 Å². The zero-order valence-corrected chi connectivity index (χ0v) is 13.7. The molecule has 1 atom stereocenters. The Kier molecular flexibility index (Phi) is 5.31. The third-order valence-electron chi connectivity index (χ3n) is 4.45. The number of hydrogen-bond acceptors (Lipinski definition) is 4. The lowest BCUT2D eigenvalue weighted by Gasteiger charge is -2.32. The molecule has 0 radical (unpaired) electrons. The number of H-pyrrole nitrogens is 1. The number of aliphatic hydroxyl groups excluding tert-OH is 1. The van der Waals surface area contributed by atoms with Crippen molar-refractivity contribution in [2.24, 2.45) is 0 Å². The number of benzene rings is 1. The fourth-order valence-corrected chi connectivity index (χ4v) is 3.36. The van der Waals surface area contributed by atoms with E-state index in [1.807, 2.05) is 18.3 Å². The lowest BCUT2D eigenvalue weighted by Crippen LogP contribution is -2.34. The summed E-state index contributed by atoms with van der Waals surface area (Å²) < 4.78 is 5.50. The molecule has 124 valence electrons. The molecule has 23 heavy (non-hydrogen) atoms. The van der Waals surface area contributed by atoms with E-state index < -0.39 is 0 Å². The normalized spacial score (nSPS) is 19.0. The van der Waals surface area contributed by atoms with E-state index in [-0.39, 0.29) is 6.61 Å². The van der Waals surface area contributed by atoms with Crippen LogP contribution in [0.3, 0.4) is 0 Å². The summed E-state index contributed by atoms with van der Waals surface area (Å²) in [5.74, 6) is 1.37. The van der Waals surface area contributed by atoms with Gasteiger partial charge in [-0.15, -0.1) is 0 Å². The summed E-state index contributed by atoms with van der Waals surface area (Å²) in [5, 5.41) is 16.2. The number of rotatable bonds is 6. The molecule has 1 aromatic carbocycles. The third-order valence-corrected chi connectivity index (χ3v) is 4.45. The summed E-state index contributed by atoms with van der Waals surface area (Å²) in [6.07, 6.45) is 4.35. The molecular weight excluding hydrogens is 290 g/mol. The van der Waals surface area contributed by atoms with E-state index in [0.717, 1.165) is 25.4 Å². The maximum Gasteiger partial charge on any atom is 0.119 e. The first kappa shape index (κ1) is 16.0. The van der Waals surface area contributed by atoms with Crippen LogP contribution in [0.5, 0.6) is 5.75 Å². The van der Waals surface area contributed by atoms with E-state index in [4.69, 9.17) is 9.84 Å². The van der Waals surface area contributed by atoms with E-state index in [9.17, 15) is 0 Å². The van der Waals surface area contributed by atoms with Crippen molar-refractivity contribution in [2.45, 2.75) is 32.2 Å². The van der Waals surface area contributed by atoms with Gasteiger partial charge in [0.1, 0.15) is 12.4 Å². The summed E-state index contributed by atoms with van der Waals surface area (Å²) in [4.78, 5) is 2.50. The average molecular weight is 315 g/mol. The van der Waals surface area contributed by atoms with Crippen molar-refractivity contribution in [1.29, 1.82) is 0 Å². The molecule has 2 N–H and O–H groups in total. The SMILES string of the molecule is Cc1cn[nH]c1[C@@H]1CCCN(Cc2cccc(OCCO)c2)C1. The minimum Gasteiger partial charge on any atom is -0.491 e. The van der Waals surface area contributed by atoms with Gasteiger partial charge in [0.25, 0.3) is 0 Å². The van der Waals surface area contributed by atoms with Gasteiger partial charge in [0.05, 0.1) is 12.8 Å². The predicted octanol–water partition coefficient (Wildman–Crippen LogP) is 2.47. The molecule has 3 rings (SSSR count). The van der Waals surface area contributed by atoms with E-state index in [1.165, 1.54) is 29.7 Å². The molecule has 0 spiro atoms. The second-order valence-electron chi connectivity index (χ2n) is 6.26. The lowest BCUT2D eigenvalue weighted by atomic mass is 9.92. The quantitative estimate of drug-likeness (QED) is 0.860. The van der Waals surface area contributed by atoms with Crippen molar-refractivity contribution in [3.05, 3.63) is 47.3 Å². The van der Waals surface area contributed by atoms with Crippen molar-refractivity contribution >= 4 is 0 Å². The molecule has 0 bridgehead atoms. The molecule has 0 unspecified atom stereocenters. The van der Waals surface area contributed by atoms with Gasteiger partial charge in [-0.2, -0.15) is 5.10 Å². The van der Waals surface area contributed by atoms with Crippen molar-refractivity contribution in [1.82, 2.24) is 15.1 Å². The highest BCUT2D eigenvalue weighted by atomic mass is 16.5. The van der Waals surface area contributed by atoms with Crippen molar-refractivity contribution < 1.29 is 9.84 Å². The lowest BCUT2D eigenvalue weighted by molar-refractivity contribution is 0.195. The van der Waals surface area contributed by atoms with Crippen molar-refractivity contribution in [2.75, 3.05) is 26.3 Å². The van der Waals surface area contributed by atoms with Crippen LogP contribution in [0.25, 0.3) is 0 Å². The number of nitrogens with zero attached hydrogens (tertiary/aromatic N) is 2. The number of likely N-dealkylation sites (tertiary alicyclic amines) is 1. The highest BCUT2D eigenvalue weighted by molar-refractivity contribution is 5.28.